The molecule has 4 aromatic carbocycles. The van der Waals surface area contributed by atoms with Crippen molar-refractivity contribution < 1.29 is 22.6 Å². The Morgan fingerprint density at radius 3 is 1.02 bits per heavy atom. The average Bonchev–Trinajstić information content (AvgIpc) is 3.06. The van der Waals surface area contributed by atoms with Crippen molar-refractivity contribution in [2.24, 2.45) is 0 Å². The van der Waals surface area contributed by atoms with Crippen molar-refractivity contribution in [1.82, 2.24) is 0 Å². The van der Waals surface area contributed by atoms with E-state index in [1.165, 1.54) is 24.8 Å². The standard InChI is InChI=1S/C27H24O5S.4C2H6/c1-30-22-7-3-20(4-8-22)19-21-5-9-24(10-6-21)32-25-13-17-27(18-14-25)33(28,29)26-15-11-23(31-2)12-16-26;4*1-2/h3-18H,19H2,1-2H3;4*1-2H3. The van der Waals surface area contributed by atoms with Crippen LogP contribution in [0.3, 0.4) is 0 Å². The Balaban J connectivity index is 0.00000184. The van der Waals surface area contributed by atoms with E-state index >= 15 is 0 Å². The maximum absolute atomic E-state index is 12.8. The van der Waals surface area contributed by atoms with E-state index in [0.717, 1.165) is 17.7 Å². The molecule has 0 aliphatic heterocycles. The molecule has 0 bridgehead atoms. The van der Waals surface area contributed by atoms with E-state index in [9.17, 15) is 8.42 Å². The van der Waals surface area contributed by atoms with Gasteiger partial charge in [-0.15, -0.1) is 0 Å². The summed E-state index contributed by atoms with van der Waals surface area (Å²) in [5.74, 6) is 2.68. The number of ether oxygens (including phenoxy) is 3. The SMILES string of the molecule is CC.CC.CC.CC.COc1ccc(Cc2ccc(Oc3ccc(S(=O)(=O)c4ccc(OC)cc4)cc3)cc2)cc1. The van der Waals surface area contributed by atoms with Crippen LogP contribution in [-0.4, -0.2) is 22.6 Å². The quantitative estimate of drug-likeness (QED) is 0.207. The van der Waals surface area contributed by atoms with Gasteiger partial charge < -0.3 is 14.2 Å². The van der Waals surface area contributed by atoms with Crippen LogP contribution in [0.2, 0.25) is 0 Å². The van der Waals surface area contributed by atoms with Crippen LogP contribution in [0.25, 0.3) is 0 Å². The van der Waals surface area contributed by atoms with Crippen LogP contribution in [0.1, 0.15) is 66.5 Å². The first-order valence-electron chi connectivity index (χ1n) is 14.4. The maximum Gasteiger partial charge on any atom is 0.206 e. The van der Waals surface area contributed by atoms with Crippen molar-refractivity contribution in [3.63, 3.8) is 0 Å². The molecule has 6 heteroatoms. The molecule has 224 valence electrons. The minimum atomic E-state index is -3.61. The van der Waals surface area contributed by atoms with E-state index < -0.39 is 9.84 Å². The van der Waals surface area contributed by atoms with Gasteiger partial charge in [0.15, 0.2) is 0 Å². The molecule has 4 rings (SSSR count). The number of hydrogen-bond acceptors (Lipinski definition) is 5. The molecule has 0 spiro atoms. The highest BCUT2D eigenvalue weighted by Gasteiger charge is 2.17. The second kappa shape index (κ2) is 21.0. The van der Waals surface area contributed by atoms with Crippen LogP contribution in [0, 0.1) is 0 Å². The minimum absolute atomic E-state index is 0.204. The Bertz CT molecular complexity index is 1300. The third-order valence-electron chi connectivity index (χ3n) is 5.23. The molecule has 0 aromatic heterocycles. The highest BCUT2D eigenvalue weighted by atomic mass is 32.2. The smallest absolute Gasteiger partial charge is 0.206 e. The number of methoxy groups -OCH3 is 2. The normalized spacial score (nSPS) is 9.51. The van der Waals surface area contributed by atoms with E-state index in [-0.39, 0.29) is 9.79 Å². The molecule has 0 unspecified atom stereocenters. The summed E-state index contributed by atoms with van der Waals surface area (Å²) in [7, 11) is -0.420. The topological polar surface area (TPSA) is 61.8 Å². The fraction of sp³-hybridized carbons (Fsp3) is 0.314. The molecule has 0 N–H and O–H groups in total. The van der Waals surface area contributed by atoms with Crippen molar-refractivity contribution in [2.75, 3.05) is 14.2 Å². The van der Waals surface area contributed by atoms with E-state index in [1.807, 2.05) is 104 Å². The first kappa shape index (κ1) is 37.2. The molecule has 0 amide bonds. The second-order valence-corrected chi connectivity index (χ2v) is 9.37. The Labute approximate surface area is 249 Å². The van der Waals surface area contributed by atoms with Crippen LogP contribution >= 0.6 is 0 Å². The monoisotopic (exact) mass is 580 g/mol. The molecular weight excluding hydrogens is 532 g/mol. The zero-order chi connectivity index (χ0) is 31.3. The van der Waals surface area contributed by atoms with Gasteiger partial charge in [0.05, 0.1) is 24.0 Å². The summed E-state index contributed by atoms with van der Waals surface area (Å²) < 4.78 is 41.8. The molecule has 0 radical (unpaired) electrons. The fourth-order valence-electron chi connectivity index (χ4n) is 3.37. The molecule has 5 nitrogen and oxygen atoms in total. The summed E-state index contributed by atoms with van der Waals surface area (Å²) in [6.45, 7) is 16.0. The molecule has 0 atom stereocenters. The van der Waals surface area contributed by atoms with Gasteiger partial charge in [0.1, 0.15) is 23.0 Å². The largest absolute Gasteiger partial charge is 0.497 e. The molecule has 0 aliphatic rings. The maximum atomic E-state index is 12.8. The predicted molar refractivity (Wildman–Crippen MR) is 173 cm³/mol. The summed E-state index contributed by atoms with van der Waals surface area (Å²) in [5.41, 5.74) is 2.35. The van der Waals surface area contributed by atoms with Crippen LogP contribution in [-0.2, 0) is 16.3 Å². The first-order valence-corrected chi connectivity index (χ1v) is 15.9. The van der Waals surface area contributed by atoms with Crippen LogP contribution in [0.4, 0.5) is 0 Å². The predicted octanol–water partition coefficient (Wildman–Crippen LogP) is 10.0. The summed E-state index contributed by atoms with van der Waals surface area (Å²) in [6.07, 6.45) is 0.808. The van der Waals surface area contributed by atoms with Crippen molar-refractivity contribution in [1.29, 1.82) is 0 Å². The third kappa shape index (κ3) is 11.7. The zero-order valence-electron chi connectivity index (χ0n) is 26.4. The lowest BCUT2D eigenvalue weighted by molar-refractivity contribution is 0.414. The fourth-order valence-corrected chi connectivity index (χ4v) is 4.63. The summed E-state index contributed by atoms with van der Waals surface area (Å²) in [6, 6.07) is 28.6. The molecular formula is C35H48O5S. The number of sulfone groups is 1. The van der Waals surface area contributed by atoms with Gasteiger partial charge in [-0.05, 0) is 90.3 Å². The third-order valence-corrected chi connectivity index (χ3v) is 7.02. The van der Waals surface area contributed by atoms with Gasteiger partial charge in [-0.1, -0.05) is 79.7 Å². The molecule has 0 saturated heterocycles. The molecule has 41 heavy (non-hydrogen) atoms. The lowest BCUT2D eigenvalue weighted by atomic mass is 10.0. The van der Waals surface area contributed by atoms with Crippen molar-refractivity contribution in [3.05, 3.63) is 108 Å². The molecule has 0 saturated carbocycles. The van der Waals surface area contributed by atoms with E-state index in [4.69, 9.17) is 14.2 Å². The van der Waals surface area contributed by atoms with Gasteiger partial charge in [0, 0.05) is 0 Å². The summed E-state index contributed by atoms with van der Waals surface area (Å²) in [4.78, 5) is 0.416. The van der Waals surface area contributed by atoms with Crippen molar-refractivity contribution >= 4 is 9.84 Å². The van der Waals surface area contributed by atoms with E-state index in [0.29, 0.717) is 17.2 Å². The van der Waals surface area contributed by atoms with E-state index in [2.05, 4.69) is 0 Å². The zero-order valence-corrected chi connectivity index (χ0v) is 27.2. The van der Waals surface area contributed by atoms with Crippen LogP contribution < -0.4 is 14.2 Å². The minimum Gasteiger partial charge on any atom is -0.497 e. The van der Waals surface area contributed by atoms with Gasteiger partial charge in [-0.2, -0.15) is 0 Å². The van der Waals surface area contributed by atoms with Crippen LogP contribution in [0.5, 0.6) is 23.0 Å². The molecule has 0 heterocycles. The van der Waals surface area contributed by atoms with Gasteiger partial charge in [-0.3, -0.25) is 0 Å². The highest BCUT2D eigenvalue weighted by molar-refractivity contribution is 7.91. The summed E-state index contributed by atoms with van der Waals surface area (Å²) >= 11 is 0. The van der Waals surface area contributed by atoms with Crippen molar-refractivity contribution in [2.45, 2.75) is 71.6 Å². The Kier molecular flexibility index (Phi) is 19.1. The van der Waals surface area contributed by atoms with Gasteiger partial charge in [0.2, 0.25) is 9.84 Å². The number of rotatable bonds is 8. The average molecular weight is 581 g/mol. The van der Waals surface area contributed by atoms with E-state index in [1.54, 1.807) is 43.5 Å². The van der Waals surface area contributed by atoms with Gasteiger partial charge >= 0.3 is 0 Å². The Morgan fingerprint density at radius 2 is 0.707 bits per heavy atom. The lowest BCUT2D eigenvalue weighted by Crippen LogP contribution is -2.01. The first-order chi connectivity index (χ1) is 20.0. The summed E-state index contributed by atoms with van der Waals surface area (Å²) in [5, 5.41) is 0. The molecule has 4 aromatic rings. The van der Waals surface area contributed by atoms with Gasteiger partial charge in [0.25, 0.3) is 0 Å². The van der Waals surface area contributed by atoms with Crippen LogP contribution in [0.15, 0.2) is 107 Å². The Hall–Kier alpha value is -3.77. The van der Waals surface area contributed by atoms with Crippen molar-refractivity contribution in [3.8, 4) is 23.0 Å². The lowest BCUT2D eigenvalue weighted by Gasteiger charge is -2.09. The number of hydrogen-bond donors (Lipinski definition) is 0. The molecule has 0 fully saturated rings. The molecule has 0 aliphatic carbocycles. The van der Waals surface area contributed by atoms with Gasteiger partial charge in [-0.25, -0.2) is 8.42 Å². The number of benzene rings is 4. The second-order valence-electron chi connectivity index (χ2n) is 7.42. The highest BCUT2D eigenvalue weighted by Crippen LogP contribution is 2.27. The Morgan fingerprint density at radius 1 is 0.439 bits per heavy atom.